The van der Waals surface area contributed by atoms with Crippen molar-refractivity contribution >= 4 is 12.4 Å². The maximum atomic E-state index is 13.5. The van der Waals surface area contributed by atoms with Gasteiger partial charge in [0, 0.05) is 32.4 Å². The summed E-state index contributed by atoms with van der Waals surface area (Å²) in [6.07, 6.45) is 4.79. The van der Waals surface area contributed by atoms with Crippen molar-refractivity contribution in [3.05, 3.63) is 24.1 Å². The van der Waals surface area contributed by atoms with Gasteiger partial charge in [0.1, 0.15) is 6.10 Å². The van der Waals surface area contributed by atoms with E-state index in [-0.39, 0.29) is 30.2 Å². The molecule has 22 heavy (non-hydrogen) atoms. The van der Waals surface area contributed by atoms with Gasteiger partial charge in [-0.25, -0.2) is 9.37 Å². The maximum absolute atomic E-state index is 13.5. The summed E-state index contributed by atoms with van der Waals surface area (Å²) in [5.74, 6) is -0.229. The highest BCUT2D eigenvalue weighted by Crippen LogP contribution is 2.27. The van der Waals surface area contributed by atoms with E-state index < -0.39 is 0 Å². The van der Waals surface area contributed by atoms with Crippen molar-refractivity contribution in [3.63, 3.8) is 0 Å². The Morgan fingerprint density at radius 1 is 1.45 bits per heavy atom. The van der Waals surface area contributed by atoms with Gasteiger partial charge in [0.05, 0.1) is 0 Å². The minimum Gasteiger partial charge on any atom is -0.472 e. The Bertz CT molecular complexity index is 474. The second kappa shape index (κ2) is 7.57. The lowest BCUT2D eigenvalue weighted by Gasteiger charge is -2.36. The fraction of sp³-hybridized carbons (Fsp3) is 0.688. The molecule has 0 spiro atoms. The van der Waals surface area contributed by atoms with Crippen LogP contribution in [0.2, 0.25) is 0 Å². The van der Waals surface area contributed by atoms with Crippen molar-refractivity contribution < 1.29 is 9.13 Å². The van der Waals surface area contributed by atoms with Gasteiger partial charge in [-0.3, -0.25) is 0 Å². The van der Waals surface area contributed by atoms with Crippen molar-refractivity contribution in [3.8, 4) is 5.88 Å². The van der Waals surface area contributed by atoms with Crippen LogP contribution in [0.4, 0.5) is 4.39 Å². The van der Waals surface area contributed by atoms with E-state index in [1.807, 2.05) is 0 Å². The molecule has 2 aliphatic heterocycles. The van der Waals surface area contributed by atoms with E-state index in [0.717, 1.165) is 45.6 Å². The van der Waals surface area contributed by atoms with Crippen LogP contribution < -0.4 is 10.1 Å². The van der Waals surface area contributed by atoms with Crippen LogP contribution in [0, 0.1) is 11.2 Å². The van der Waals surface area contributed by atoms with Crippen molar-refractivity contribution in [1.82, 2.24) is 15.2 Å². The number of hydrogen-bond donors (Lipinski definition) is 1. The van der Waals surface area contributed by atoms with E-state index in [0.29, 0.717) is 5.41 Å². The first-order valence-electron chi connectivity index (χ1n) is 7.85. The SMILES string of the molecule is CC1(CN2CCC(Oc3ncccc3F)CC2)CCNC1.Cl. The fourth-order valence-electron chi connectivity index (χ4n) is 3.34. The summed E-state index contributed by atoms with van der Waals surface area (Å²) in [6.45, 7) is 7.80. The minimum atomic E-state index is -0.371. The highest BCUT2D eigenvalue weighted by molar-refractivity contribution is 5.85. The molecule has 0 aliphatic carbocycles. The molecule has 124 valence electrons. The molecule has 1 N–H and O–H groups in total. The highest BCUT2D eigenvalue weighted by Gasteiger charge is 2.32. The second-order valence-corrected chi connectivity index (χ2v) is 6.62. The monoisotopic (exact) mass is 329 g/mol. The summed E-state index contributed by atoms with van der Waals surface area (Å²) >= 11 is 0. The lowest BCUT2D eigenvalue weighted by molar-refractivity contribution is 0.0723. The Labute approximate surface area is 137 Å². The molecule has 1 atom stereocenters. The van der Waals surface area contributed by atoms with Gasteiger partial charge >= 0.3 is 0 Å². The van der Waals surface area contributed by atoms with Gasteiger partial charge in [-0.1, -0.05) is 6.92 Å². The van der Waals surface area contributed by atoms with Crippen molar-refractivity contribution in [2.75, 3.05) is 32.7 Å². The van der Waals surface area contributed by atoms with Gasteiger partial charge in [-0.05, 0) is 43.4 Å². The van der Waals surface area contributed by atoms with Crippen LogP contribution >= 0.6 is 12.4 Å². The lowest BCUT2D eigenvalue weighted by Crippen LogP contribution is -2.44. The van der Waals surface area contributed by atoms with Crippen molar-refractivity contribution in [2.24, 2.45) is 5.41 Å². The van der Waals surface area contributed by atoms with Crippen LogP contribution in [0.5, 0.6) is 5.88 Å². The van der Waals surface area contributed by atoms with Crippen LogP contribution in [-0.4, -0.2) is 48.7 Å². The molecule has 2 aliphatic rings. The maximum Gasteiger partial charge on any atom is 0.250 e. The van der Waals surface area contributed by atoms with Crippen LogP contribution in [0.3, 0.4) is 0 Å². The normalized spacial score (nSPS) is 26.6. The first-order chi connectivity index (χ1) is 10.1. The average Bonchev–Trinajstić information content (AvgIpc) is 2.90. The molecule has 2 saturated heterocycles. The molecule has 4 nitrogen and oxygen atoms in total. The molecular weight excluding hydrogens is 305 g/mol. The van der Waals surface area contributed by atoms with E-state index in [1.54, 1.807) is 12.3 Å². The number of rotatable bonds is 4. The summed E-state index contributed by atoms with van der Waals surface area (Å²) in [4.78, 5) is 6.48. The van der Waals surface area contributed by atoms with Gasteiger partial charge in [0.2, 0.25) is 0 Å². The number of nitrogens with zero attached hydrogens (tertiary/aromatic N) is 2. The van der Waals surface area contributed by atoms with E-state index in [9.17, 15) is 4.39 Å². The summed E-state index contributed by atoms with van der Waals surface area (Å²) in [6, 6.07) is 2.98. The quantitative estimate of drug-likeness (QED) is 0.921. The number of halogens is 2. The Balaban J connectivity index is 0.00000176. The molecule has 0 bridgehead atoms. The predicted molar refractivity (Wildman–Crippen MR) is 87.1 cm³/mol. The zero-order chi connectivity index (χ0) is 14.7. The summed E-state index contributed by atoms with van der Waals surface area (Å²) in [5, 5.41) is 3.45. The highest BCUT2D eigenvalue weighted by atomic mass is 35.5. The number of hydrogen-bond acceptors (Lipinski definition) is 4. The topological polar surface area (TPSA) is 37.4 Å². The number of aromatic nitrogens is 1. The van der Waals surface area contributed by atoms with Crippen molar-refractivity contribution in [2.45, 2.75) is 32.3 Å². The molecule has 3 rings (SSSR count). The van der Waals surface area contributed by atoms with Gasteiger partial charge in [0.25, 0.3) is 5.88 Å². The molecule has 0 aromatic carbocycles. The van der Waals surface area contributed by atoms with Crippen LogP contribution in [0.15, 0.2) is 18.3 Å². The van der Waals surface area contributed by atoms with Crippen molar-refractivity contribution in [1.29, 1.82) is 0 Å². The standard InChI is InChI=1S/C16H24FN3O.ClH/c1-16(6-8-18-11-16)12-20-9-4-13(5-10-20)21-15-14(17)3-2-7-19-15;/h2-3,7,13,18H,4-6,8-12H2,1H3;1H. The minimum absolute atomic E-state index is 0. The largest absolute Gasteiger partial charge is 0.472 e. The van der Waals surface area contributed by atoms with Crippen LogP contribution in [-0.2, 0) is 0 Å². The summed E-state index contributed by atoms with van der Waals surface area (Å²) in [7, 11) is 0. The molecule has 1 aromatic rings. The van der Waals surface area contributed by atoms with Crippen LogP contribution in [0.25, 0.3) is 0 Å². The zero-order valence-corrected chi connectivity index (χ0v) is 13.9. The fourth-order valence-corrected chi connectivity index (χ4v) is 3.34. The number of nitrogens with one attached hydrogen (secondary N) is 1. The van der Waals surface area contributed by atoms with Gasteiger partial charge in [-0.15, -0.1) is 12.4 Å². The van der Waals surface area contributed by atoms with Gasteiger partial charge in [0.15, 0.2) is 5.82 Å². The molecule has 1 aromatic heterocycles. The third kappa shape index (κ3) is 4.31. The van der Waals surface area contributed by atoms with Gasteiger partial charge in [-0.2, -0.15) is 0 Å². The molecule has 0 radical (unpaired) electrons. The molecule has 0 saturated carbocycles. The molecule has 2 fully saturated rings. The molecular formula is C16H25ClFN3O. The van der Waals surface area contributed by atoms with Gasteiger partial charge < -0.3 is 15.0 Å². The number of likely N-dealkylation sites (tertiary alicyclic amines) is 1. The van der Waals surface area contributed by atoms with Crippen LogP contribution in [0.1, 0.15) is 26.2 Å². The third-order valence-electron chi connectivity index (χ3n) is 4.60. The number of piperidine rings is 1. The molecule has 0 amide bonds. The first-order valence-corrected chi connectivity index (χ1v) is 7.85. The van der Waals surface area contributed by atoms with E-state index in [4.69, 9.17) is 4.74 Å². The third-order valence-corrected chi connectivity index (χ3v) is 4.60. The lowest BCUT2D eigenvalue weighted by atomic mass is 9.88. The van der Waals surface area contributed by atoms with E-state index in [2.05, 4.69) is 22.1 Å². The van der Waals surface area contributed by atoms with E-state index >= 15 is 0 Å². The Hall–Kier alpha value is -0.910. The summed E-state index contributed by atoms with van der Waals surface area (Å²) in [5.41, 5.74) is 0.404. The predicted octanol–water partition coefficient (Wildman–Crippen LogP) is 2.49. The van der Waals surface area contributed by atoms with E-state index in [1.165, 1.54) is 12.5 Å². The second-order valence-electron chi connectivity index (χ2n) is 6.62. The Kier molecular flexibility index (Phi) is 6.01. The number of ether oxygens (including phenoxy) is 1. The Morgan fingerprint density at radius 2 is 2.23 bits per heavy atom. The number of pyridine rings is 1. The average molecular weight is 330 g/mol. The summed E-state index contributed by atoms with van der Waals surface area (Å²) < 4.78 is 19.2. The Morgan fingerprint density at radius 3 is 2.86 bits per heavy atom. The smallest absolute Gasteiger partial charge is 0.250 e. The molecule has 1 unspecified atom stereocenters. The first kappa shape index (κ1) is 17.4. The molecule has 6 heteroatoms. The zero-order valence-electron chi connectivity index (χ0n) is 13.1. The molecule has 3 heterocycles.